The molecule has 0 bridgehead atoms. The van der Waals surface area contributed by atoms with Crippen molar-refractivity contribution in [2.45, 2.75) is 6.04 Å². The van der Waals surface area contributed by atoms with E-state index < -0.39 is 5.97 Å². The van der Waals surface area contributed by atoms with E-state index in [2.05, 4.69) is 15.2 Å². The van der Waals surface area contributed by atoms with E-state index >= 15 is 0 Å². The van der Waals surface area contributed by atoms with Gasteiger partial charge in [0.2, 0.25) is 0 Å². The summed E-state index contributed by atoms with van der Waals surface area (Å²) in [6, 6.07) is 5.60. The molecule has 6 nitrogen and oxygen atoms in total. The Kier molecular flexibility index (Phi) is 2.96. The van der Waals surface area contributed by atoms with Crippen LogP contribution in [0.3, 0.4) is 0 Å². The number of hydrogen-bond acceptors (Lipinski definition) is 4. The lowest BCUT2D eigenvalue weighted by Gasteiger charge is -2.32. The normalized spacial score (nSPS) is 20.8. The zero-order valence-corrected chi connectivity index (χ0v) is 10.7. The lowest BCUT2D eigenvalue weighted by Crippen LogP contribution is -2.44. The van der Waals surface area contributed by atoms with Crippen LogP contribution >= 0.6 is 0 Å². The molecule has 19 heavy (non-hydrogen) atoms. The van der Waals surface area contributed by atoms with Crippen molar-refractivity contribution in [1.29, 1.82) is 0 Å². The van der Waals surface area contributed by atoms with Crippen LogP contribution < -0.4 is 5.32 Å². The van der Waals surface area contributed by atoms with Gasteiger partial charge >= 0.3 is 5.97 Å². The van der Waals surface area contributed by atoms with Gasteiger partial charge in [0.25, 0.3) is 0 Å². The Hall–Kier alpha value is -1.92. The molecule has 3 heterocycles. The third kappa shape index (κ3) is 1.98. The van der Waals surface area contributed by atoms with E-state index in [4.69, 9.17) is 0 Å². The first-order chi connectivity index (χ1) is 9.18. The Morgan fingerprint density at radius 2 is 2.37 bits per heavy atom. The Morgan fingerprint density at radius 1 is 1.53 bits per heavy atom. The third-order valence-electron chi connectivity index (χ3n) is 3.59. The fourth-order valence-corrected chi connectivity index (χ4v) is 2.55. The number of nitrogens with zero attached hydrogens (tertiary/aromatic N) is 3. The first-order valence-corrected chi connectivity index (χ1v) is 6.29. The summed E-state index contributed by atoms with van der Waals surface area (Å²) in [5.74, 6) is -0.205. The van der Waals surface area contributed by atoms with Gasteiger partial charge in [0, 0.05) is 25.8 Å². The second kappa shape index (κ2) is 4.64. The van der Waals surface area contributed by atoms with E-state index in [0.29, 0.717) is 5.52 Å². The first kappa shape index (κ1) is 12.1. The summed E-state index contributed by atoms with van der Waals surface area (Å²) < 4.78 is 1.87. The molecule has 0 spiro atoms. The largest absolute Gasteiger partial charge is 0.476 e. The molecule has 2 aromatic rings. The predicted molar refractivity (Wildman–Crippen MR) is 70.4 cm³/mol. The number of imidazole rings is 1. The second-order valence-electron chi connectivity index (χ2n) is 4.78. The molecule has 1 unspecified atom stereocenters. The van der Waals surface area contributed by atoms with Crippen molar-refractivity contribution in [1.82, 2.24) is 19.6 Å². The molecule has 0 aliphatic carbocycles. The highest BCUT2D eigenvalue weighted by atomic mass is 16.4. The molecule has 6 heteroatoms. The van der Waals surface area contributed by atoms with Crippen LogP contribution in [0.5, 0.6) is 0 Å². The van der Waals surface area contributed by atoms with Gasteiger partial charge in [-0.2, -0.15) is 0 Å². The average Bonchev–Trinajstić information content (AvgIpc) is 2.79. The van der Waals surface area contributed by atoms with Crippen LogP contribution in [0.1, 0.15) is 22.4 Å². The quantitative estimate of drug-likeness (QED) is 0.828. The maximum absolute atomic E-state index is 11.3. The molecule has 0 amide bonds. The summed E-state index contributed by atoms with van der Waals surface area (Å²) in [6.45, 7) is 2.65. The molecule has 2 N–H and O–H groups in total. The van der Waals surface area contributed by atoms with E-state index in [9.17, 15) is 9.90 Å². The van der Waals surface area contributed by atoms with Gasteiger partial charge in [-0.1, -0.05) is 6.07 Å². The topological polar surface area (TPSA) is 69.9 Å². The summed E-state index contributed by atoms with van der Waals surface area (Å²) in [7, 11) is 2.04. The molecule has 3 rings (SSSR count). The number of pyridine rings is 1. The van der Waals surface area contributed by atoms with Gasteiger partial charge in [0.05, 0.1) is 11.6 Å². The van der Waals surface area contributed by atoms with E-state index in [0.717, 1.165) is 25.5 Å². The highest BCUT2D eigenvalue weighted by Gasteiger charge is 2.27. The molecule has 1 saturated heterocycles. The van der Waals surface area contributed by atoms with Crippen molar-refractivity contribution in [3.8, 4) is 0 Å². The predicted octanol–water partition coefficient (Wildman–Crippen LogP) is 0.609. The molecule has 1 aliphatic heterocycles. The highest BCUT2D eigenvalue weighted by Crippen LogP contribution is 2.23. The number of carboxylic acid groups (broad SMARTS) is 1. The number of nitrogens with one attached hydrogen (secondary N) is 1. The molecule has 0 aromatic carbocycles. The Balaban J connectivity index is 2.15. The van der Waals surface area contributed by atoms with Crippen molar-refractivity contribution >= 4 is 11.5 Å². The number of piperazine rings is 1. The summed E-state index contributed by atoms with van der Waals surface area (Å²) >= 11 is 0. The number of hydrogen-bond donors (Lipinski definition) is 2. The van der Waals surface area contributed by atoms with Gasteiger partial charge in [0.1, 0.15) is 5.82 Å². The van der Waals surface area contributed by atoms with Crippen LogP contribution in [0.25, 0.3) is 5.52 Å². The molecule has 0 saturated carbocycles. The van der Waals surface area contributed by atoms with E-state index in [1.165, 1.54) is 0 Å². The molecule has 1 aliphatic rings. The minimum atomic E-state index is -0.985. The summed E-state index contributed by atoms with van der Waals surface area (Å²) in [5.41, 5.74) is 0.763. The summed E-state index contributed by atoms with van der Waals surface area (Å²) in [5, 5.41) is 12.6. The van der Waals surface area contributed by atoms with Crippen molar-refractivity contribution in [3.63, 3.8) is 0 Å². The highest BCUT2D eigenvalue weighted by molar-refractivity contribution is 5.93. The van der Waals surface area contributed by atoms with Gasteiger partial charge < -0.3 is 14.8 Å². The number of carbonyl (C=O) groups is 1. The Morgan fingerprint density at radius 3 is 3.11 bits per heavy atom. The minimum absolute atomic E-state index is 0.0942. The summed E-state index contributed by atoms with van der Waals surface area (Å²) in [6.07, 6.45) is 1.87. The number of carboxylic acids is 1. The van der Waals surface area contributed by atoms with Crippen LogP contribution in [0.4, 0.5) is 0 Å². The van der Waals surface area contributed by atoms with Crippen LogP contribution in [0.15, 0.2) is 24.4 Å². The fourth-order valence-electron chi connectivity index (χ4n) is 2.55. The maximum Gasteiger partial charge on any atom is 0.356 e. The van der Waals surface area contributed by atoms with Gasteiger partial charge in [-0.05, 0) is 19.2 Å². The van der Waals surface area contributed by atoms with Crippen molar-refractivity contribution in [2.24, 2.45) is 0 Å². The smallest absolute Gasteiger partial charge is 0.356 e. The molecule has 2 aromatic heterocycles. The number of aromatic nitrogens is 2. The number of likely N-dealkylation sites (N-methyl/N-ethyl adjacent to an activating group) is 1. The second-order valence-corrected chi connectivity index (χ2v) is 4.78. The SMILES string of the molecule is CN1CCNCC1c1nc(C(=O)O)c2ccccn12. The fraction of sp³-hybridized carbons (Fsp3) is 0.385. The van der Waals surface area contributed by atoms with Crippen LogP contribution in [0.2, 0.25) is 0 Å². The first-order valence-electron chi connectivity index (χ1n) is 6.29. The standard InChI is InChI=1S/C13H16N4O2/c1-16-7-5-14-8-10(16)12-15-11(13(18)19)9-4-2-3-6-17(9)12/h2-4,6,10,14H,5,7-8H2,1H3,(H,18,19). The average molecular weight is 260 g/mol. The Bertz CT molecular complexity index is 622. The zero-order chi connectivity index (χ0) is 13.4. The van der Waals surface area contributed by atoms with Crippen molar-refractivity contribution < 1.29 is 9.90 Å². The molecule has 1 atom stereocenters. The minimum Gasteiger partial charge on any atom is -0.476 e. The lowest BCUT2D eigenvalue weighted by atomic mass is 10.2. The van der Waals surface area contributed by atoms with Crippen LogP contribution in [0, 0.1) is 0 Å². The van der Waals surface area contributed by atoms with E-state index in [1.54, 1.807) is 6.07 Å². The van der Waals surface area contributed by atoms with Gasteiger partial charge in [0.15, 0.2) is 5.69 Å². The zero-order valence-electron chi connectivity index (χ0n) is 10.7. The van der Waals surface area contributed by atoms with Gasteiger partial charge in [-0.25, -0.2) is 9.78 Å². The lowest BCUT2D eigenvalue weighted by molar-refractivity contribution is 0.0692. The monoisotopic (exact) mass is 260 g/mol. The molecule has 100 valence electrons. The Labute approximate surface area is 110 Å². The van der Waals surface area contributed by atoms with Gasteiger partial charge in [-0.3, -0.25) is 4.90 Å². The molecule has 1 fully saturated rings. The molecular formula is C13H16N4O2. The van der Waals surface area contributed by atoms with Crippen molar-refractivity contribution in [2.75, 3.05) is 26.7 Å². The van der Waals surface area contributed by atoms with Crippen LogP contribution in [-0.4, -0.2) is 52.0 Å². The number of fused-ring (bicyclic) bond motifs is 1. The third-order valence-corrected chi connectivity index (χ3v) is 3.59. The maximum atomic E-state index is 11.3. The van der Waals surface area contributed by atoms with Gasteiger partial charge in [-0.15, -0.1) is 0 Å². The van der Waals surface area contributed by atoms with E-state index in [1.807, 2.05) is 29.8 Å². The molecule has 0 radical (unpaired) electrons. The number of rotatable bonds is 2. The molecular weight excluding hydrogens is 244 g/mol. The van der Waals surface area contributed by atoms with Crippen LogP contribution in [-0.2, 0) is 0 Å². The van der Waals surface area contributed by atoms with E-state index in [-0.39, 0.29) is 11.7 Å². The van der Waals surface area contributed by atoms with Crippen molar-refractivity contribution in [3.05, 3.63) is 35.9 Å². The number of aromatic carboxylic acids is 1. The summed E-state index contributed by atoms with van der Waals surface area (Å²) in [4.78, 5) is 17.8.